The number of imide groups is 1. The molecule has 0 fully saturated rings. The van der Waals surface area contributed by atoms with E-state index in [1.54, 1.807) is 13.1 Å². The molecule has 8 heteroatoms. The highest BCUT2D eigenvalue weighted by Gasteiger charge is 2.37. The van der Waals surface area contributed by atoms with Crippen LogP contribution in [-0.2, 0) is 7.05 Å². The number of nitriles is 1. The van der Waals surface area contributed by atoms with Gasteiger partial charge in [0.2, 0.25) is 0 Å². The number of anilines is 2. The summed E-state index contributed by atoms with van der Waals surface area (Å²) in [6, 6.07) is 11.8. The zero-order valence-corrected chi connectivity index (χ0v) is 16.6. The molecule has 0 atom stereocenters. The smallest absolute Gasteiger partial charge is 0.266 e. The molecular formula is C22H17N5O3. The first-order valence-corrected chi connectivity index (χ1v) is 9.15. The molecule has 0 radical (unpaired) electrons. The van der Waals surface area contributed by atoms with Crippen molar-refractivity contribution >= 4 is 29.2 Å². The monoisotopic (exact) mass is 399 g/mol. The van der Waals surface area contributed by atoms with E-state index >= 15 is 0 Å². The second-order valence-electron chi connectivity index (χ2n) is 7.09. The molecule has 1 aliphatic heterocycles. The second-order valence-corrected chi connectivity index (χ2v) is 7.09. The Morgan fingerprint density at radius 1 is 1.07 bits per heavy atom. The lowest BCUT2D eigenvalue weighted by Crippen LogP contribution is -2.30. The maximum Gasteiger partial charge on any atom is 0.266 e. The highest BCUT2D eigenvalue weighted by molar-refractivity contribution is 6.35. The van der Waals surface area contributed by atoms with E-state index in [2.05, 4.69) is 10.4 Å². The molecule has 0 unspecified atom stereocenters. The summed E-state index contributed by atoms with van der Waals surface area (Å²) in [5.41, 5.74) is 3.18. The Labute approximate surface area is 172 Å². The standard InChI is InChI=1S/C22H17N5O3/c1-12-4-7-18(13(2)8-12)27-21(29)16-6-5-14(9-17(16)22(27)30)20(28)25-19-15(10-23)11-24-26(19)3/h4-9,11H,1-3H3,(H,25,28). The van der Waals surface area contributed by atoms with Gasteiger partial charge in [-0.25, -0.2) is 4.90 Å². The van der Waals surface area contributed by atoms with Crippen LogP contribution in [0.25, 0.3) is 0 Å². The van der Waals surface area contributed by atoms with Gasteiger partial charge in [0.15, 0.2) is 0 Å². The van der Waals surface area contributed by atoms with E-state index in [9.17, 15) is 14.4 Å². The molecule has 1 aromatic heterocycles. The number of carbonyl (C=O) groups excluding carboxylic acids is 3. The number of aryl methyl sites for hydroxylation is 3. The van der Waals surface area contributed by atoms with Crippen molar-refractivity contribution in [2.24, 2.45) is 7.05 Å². The number of hydrogen-bond donors (Lipinski definition) is 1. The third kappa shape index (κ3) is 2.93. The summed E-state index contributed by atoms with van der Waals surface area (Å²) in [6.45, 7) is 3.77. The van der Waals surface area contributed by atoms with Gasteiger partial charge in [-0.1, -0.05) is 17.7 Å². The molecule has 3 aromatic rings. The van der Waals surface area contributed by atoms with Gasteiger partial charge in [0.05, 0.1) is 23.0 Å². The first kappa shape index (κ1) is 19.1. The molecule has 148 valence electrons. The molecule has 2 aromatic carbocycles. The van der Waals surface area contributed by atoms with E-state index < -0.39 is 17.7 Å². The van der Waals surface area contributed by atoms with Gasteiger partial charge >= 0.3 is 0 Å². The lowest BCUT2D eigenvalue weighted by Gasteiger charge is -2.16. The van der Waals surface area contributed by atoms with Crippen molar-refractivity contribution in [1.29, 1.82) is 5.26 Å². The fraction of sp³-hybridized carbons (Fsp3) is 0.136. The normalized spacial score (nSPS) is 12.7. The molecule has 4 rings (SSSR count). The molecule has 3 amide bonds. The Morgan fingerprint density at radius 2 is 1.80 bits per heavy atom. The van der Waals surface area contributed by atoms with Crippen LogP contribution >= 0.6 is 0 Å². The first-order chi connectivity index (χ1) is 14.3. The molecule has 0 spiro atoms. The van der Waals surface area contributed by atoms with Crippen molar-refractivity contribution in [1.82, 2.24) is 9.78 Å². The summed E-state index contributed by atoms with van der Waals surface area (Å²) >= 11 is 0. The highest BCUT2D eigenvalue weighted by Crippen LogP contribution is 2.31. The second kappa shape index (κ2) is 6.97. The van der Waals surface area contributed by atoms with Crippen molar-refractivity contribution in [3.8, 4) is 6.07 Å². The highest BCUT2D eigenvalue weighted by atomic mass is 16.2. The summed E-state index contributed by atoms with van der Waals surface area (Å²) in [7, 11) is 1.60. The molecule has 0 saturated carbocycles. The van der Waals surface area contributed by atoms with Gasteiger partial charge in [-0.3, -0.25) is 19.1 Å². The molecule has 0 bridgehead atoms. The van der Waals surface area contributed by atoms with E-state index in [-0.39, 0.29) is 28.1 Å². The minimum absolute atomic E-state index is 0.165. The van der Waals surface area contributed by atoms with Crippen LogP contribution in [0.1, 0.15) is 47.8 Å². The molecule has 0 aliphatic carbocycles. The minimum atomic E-state index is -0.511. The third-order valence-corrected chi connectivity index (χ3v) is 5.03. The van der Waals surface area contributed by atoms with Crippen LogP contribution in [0.15, 0.2) is 42.6 Å². The number of aromatic nitrogens is 2. The molecule has 8 nitrogen and oxygen atoms in total. The Bertz CT molecular complexity index is 1280. The average molecular weight is 399 g/mol. The Hall–Kier alpha value is -4.25. The molecule has 30 heavy (non-hydrogen) atoms. The van der Waals surface area contributed by atoms with E-state index in [1.807, 2.05) is 32.0 Å². The third-order valence-electron chi connectivity index (χ3n) is 5.03. The van der Waals surface area contributed by atoms with Gasteiger partial charge in [0, 0.05) is 12.6 Å². The number of rotatable bonds is 3. The summed E-state index contributed by atoms with van der Waals surface area (Å²) < 4.78 is 1.38. The van der Waals surface area contributed by atoms with E-state index in [1.165, 1.54) is 29.1 Å². The molecule has 0 saturated heterocycles. The Kier molecular flexibility index (Phi) is 4.43. The van der Waals surface area contributed by atoms with Crippen LogP contribution in [-0.4, -0.2) is 27.5 Å². The van der Waals surface area contributed by atoms with Crippen molar-refractivity contribution in [3.63, 3.8) is 0 Å². The quantitative estimate of drug-likeness (QED) is 0.681. The lowest BCUT2D eigenvalue weighted by molar-refractivity contribution is 0.0925. The maximum absolute atomic E-state index is 13.0. The van der Waals surface area contributed by atoms with Gasteiger partial charge in [0.25, 0.3) is 17.7 Å². The van der Waals surface area contributed by atoms with E-state index in [0.717, 1.165) is 16.0 Å². The number of benzene rings is 2. The SMILES string of the molecule is Cc1ccc(N2C(=O)c3ccc(C(=O)Nc4c(C#N)cnn4C)cc3C2=O)c(C)c1. The van der Waals surface area contributed by atoms with Crippen molar-refractivity contribution in [3.05, 3.63) is 76.0 Å². The molecule has 1 aliphatic rings. The van der Waals surface area contributed by atoms with E-state index in [0.29, 0.717) is 5.69 Å². The first-order valence-electron chi connectivity index (χ1n) is 9.15. The van der Waals surface area contributed by atoms with E-state index in [4.69, 9.17) is 5.26 Å². The van der Waals surface area contributed by atoms with Crippen LogP contribution in [0.5, 0.6) is 0 Å². The summed E-state index contributed by atoms with van der Waals surface area (Å²) in [5, 5.41) is 15.7. The number of nitrogens with one attached hydrogen (secondary N) is 1. The van der Waals surface area contributed by atoms with Gasteiger partial charge in [-0.2, -0.15) is 10.4 Å². The Balaban J connectivity index is 1.67. The summed E-state index contributed by atoms with van der Waals surface area (Å²) in [4.78, 5) is 39.7. The van der Waals surface area contributed by atoms with Crippen molar-refractivity contribution < 1.29 is 14.4 Å². The molecule has 2 heterocycles. The van der Waals surface area contributed by atoms with Gasteiger partial charge in [0.1, 0.15) is 17.5 Å². The Morgan fingerprint density at radius 3 is 2.50 bits per heavy atom. The number of amides is 3. The number of hydrogen-bond acceptors (Lipinski definition) is 5. The zero-order chi connectivity index (χ0) is 21.6. The predicted octanol–water partition coefficient (Wildman–Crippen LogP) is 2.96. The van der Waals surface area contributed by atoms with Gasteiger partial charge in [-0.15, -0.1) is 0 Å². The fourth-order valence-corrected chi connectivity index (χ4v) is 3.50. The molecular weight excluding hydrogens is 382 g/mol. The average Bonchev–Trinajstić information content (AvgIpc) is 3.19. The van der Waals surface area contributed by atoms with Crippen molar-refractivity contribution in [2.45, 2.75) is 13.8 Å². The summed E-state index contributed by atoms with van der Waals surface area (Å²) in [6.07, 6.45) is 1.35. The maximum atomic E-state index is 13.0. The van der Waals surface area contributed by atoms with Gasteiger partial charge < -0.3 is 5.32 Å². The number of carbonyl (C=O) groups is 3. The van der Waals surface area contributed by atoms with Crippen LogP contribution < -0.4 is 10.2 Å². The number of fused-ring (bicyclic) bond motifs is 1. The fourth-order valence-electron chi connectivity index (χ4n) is 3.50. The summed E-state index contributed by atoms with van der Waals surface area (Å²) in [5.74, 6) is -1.16. The van der Waals surface area contributed by atoms with Crippen LogP contribution in [0.2, 0.25) is 0 Å². The van der Waals surface area contributed by atoms with Crippen molar-refractivity contribution in [2.75, 3.05) is 10.2 Å². The number of nitrogens with zero attached hydrogens (tertiary/aromatic N) is 4. The minimum Gasteiger partial charge on any atom is -0.306 e. The lowest BCUT2D eigenvalue weighted by atomic mass is 10.1. The topological polar surface area (TPSA) is 108 Å². The zero-order valence-electron chi connectivity index (χ0n) is 16.6. The molecule has 1 N–H and O–H groups in total. The van der Waals surface area contributed by atoms with Crippen LogP contribution in [0, 0.1) is 25.2 Å². The van der Waals surface area contributed by atoms with Gasteiger partial charge in [-0.05, 0) is 43.7 Å². The van der Waals surface area contributed by atoms with Crippen LogP contribution in [0.4, 0.5) is 11.5 Å². The largest absolute Gasteiger partial charge is 0.306 e. The predicted molar refractivity (Wildman–Crippen MR) is 109 cm³/mol. The van der Waals surface area contributed by atoms with Crippen LogP contribution in [0.3, 0.4) is 0 Å².